The van der Waals surface area contributed by atoms with Crippen LogP contribution in [0.3, 0.4) is 0 Å². The molecule has 1 rings (SSSR count). The number of nitrogens with two attached hydrogens (primary N) is 1. The molecule has 0 saturated carbocycles. The van der Waals surface area contributed by atoms with Crippen molar-refractivity contribution in [2.75, 3.05) is 13.1 Å². The number of likely N-dealkylation sites (tertiary alicyclic amines) is 1. The van der Waals surface area contributed by atoms with E-state index in [2.05, 4.69) is 18.7 Å². The topological polar surface area (TPSA) is 29.3 Å². The van der Waals surface area contributed by atoms with E-state index in [-0.39, 0.29) is 0 Å². The minimum atomic E-state index is 0.373. The maximum absolute atomic E-state index is 5.75. The first-order valence-corrected chi connectivity index (χ1v) is 6.05. The van der Waals surface area contributed by atoms with Crippen molar-refractivity contribution >= 4 is 17.2 Å². The predicted molar refractivity (Wildman–Crippen MR) is 65.5 cm³/mol. The maximum Gasteiger partial charge on any atom is 0.0902 e. The van der Waals surface area contributed by atoms with Crippen LogP contribution >= 0.6 is 12.2 Å². The molecule has 1 aliphatic heterocycles. The average molecular weight is 214 g/mol. The van der Waals surface area contributed by atoms with E-state index < -0.39 is 0 Å². The predicted octanol–water partition coefficient (Wildman–Crippen LogP) is 2.17. The Hall–Kier alpha value is -0.150. The SMILES string of the molecule is CC(C)CCN1CCCCC1C(N)=S. The molecule has 82 valence electrons. The summed E-state index contributed by atoms with van der Waals surface area (Å²) < 4.78 is 0. The molecule has 0 bridgehead atoms. The Bertz CT molecular complexity index is 192. The Morgan fingerprint density at radius 3 is 2.79 bits per heavy atom. The van der Waals surface area contributed by atoms with Gasteiger partial charge < -0.3 is 5.73 Å². The van der Waals surface area contributed by atoms with Crippen molar-refractivity contribution in [1.82, 2.24) is 4.90 Å². The third kappa shape index (κ3) is 3.54. The summed E-state index contributed by atoms with van der Waals surface area (Å²) in [7, 11) is 0. The molecule has 2 nitrogen and oxygen atoms in total. The molecular weight excluding hydrogens is 192 g/mol. The van der Waals surface area contributed by atoms with E-state index in [1.165, 1.54) is 25.8 Å². The van der Waals surface area contributed by atoms with Crippen LogP contribution in [-0.2, 0) is 0 Å². The summed E-state index contributed by atoms with van der Waals surface area (Å²) in [4.78, 5) is 3.15. The fraction of sp³-hybridized carbons (Fsp3) is 0.909. The highest BCUT2D eigenvalue weighted by Gasteiger charge is 2.23. The Kier molecular flexibility index (Phi) is 4.82. The molecule has 0 radical (unpaired) electrons. The Balaban J connectivity index is 2.42. The first kappa shape index (κ1) is 11.9. The summed E-state index contributed by atoms with van der Waals surface area (Å²) in [5.74, 6) is 0.768. The van der Waals surface area contributed by atoms with E-state index in [1.807, 2.05) is 0 Å². The lowest BCUT2D eigenvalue weighted by Crippen LogP contribution is -2.47. The molecule has 1 fully saturated rings. The van der Waals surface area contributed by atoms with E-state index in [4.69, 9.17) is 18.0 Å². The Morgan fingerprint density at radius 2 is 2.21 bits per heavy atom. The Morgan fingerprint density at radius 1 is 1.50 bits per heavy atom. The second kappa shape index (κ2) is 5.66. The summed E-state index contributed by atoms with van der Waals surface area (Å²) >= 11 is 5.11. The standard InChI is InChI=1S/C11H22N2S/c1-9(2)6-8-13-7-4-3-5-10(13)11(12)14/h9-10H,3-8H2,1-2H3,(H2,12,14). The highest BCUT2D eigenvalue weighted by Crippen LogP contribution is 2.18. The minimum absolute atomic E-state index is 0.373. The van der Waals surface area contributed by atoms with Crippen LogP contribution in [-0.4, -0.2) is 29.0 Å². The molecule has 1 saturated heterocycles. The fourth-order valence-electron chi connectivity index (χ4n) is 2.00. The molecule has 2 N–H and O–H groups in total. The highest BCUT2D eigenvalue weighted by atomic mass is 32.1. The summed E-state index contributed by atoms with van der Waals surface area (Å²) in [6.45, 7) is 6.86. The second-order valence-corrected chi connectivity index (χ2v) is 5.10. The molecule has 14 heavy (non-hydrogen) atoms. The lowest BCUT2D eigenvalue weighted by molar-refractivity contribution is 0.183. The van der Waals surface area contributed by atoms with Crippen molar-refractivity contribution < 1.29 is 0 Å². The van der Waals surface area contributed by atoms with Gasteiger partial charge in [0, 0.05) is 0 Å². The molecule has 1 aliphatic rings. The van der Waals surface area contributed by atoms with E-state index in [0.717, 1.165) is 18.9 Å². The lowest BCUT2D eigenvalue weighted by atomic mass is 10.0. The van der Waals surface area contributed by atoms with Gasteiger partial charge in [0.05, 0.1) is 11.0 Å². The van der Waals surface area contributed by atoms with E-state index >= 15 is 0 Å². The van der Waals surface area contributed by atoms with Gasteiger partial charge >= 0.3 is 0 Å². The zero-order valence-corrected chi connectivity index (χ0v) is 10.1. The van der Waals surface area contributed by atoms with Crippen molar-refractivity contribution in [3.63, 3.8) is 0 Å². The number of thiocarbonyl (C=S) groups is 1. The van der Waals surface area contributed by atoms with Gasteiger partial charge in [0.2, 0.25) is 0 Å². The molecule has 0 aromatic carbocycles. The third-order valence-electron chi connectivity index (χ3n) is 2.94. The van der Waals surface area contributed by atoms with Gasteiger partial charge in [0.15, 0.2) is 0 Å². The van der Waals surface area contributed by atoms with Gasteiger partial charge in [-0.25, -0.2) is 0 Å². The number of hydrogen-bond donors (Lipinski definition) is 1. The van der Waals surface area contributed by atoms with Gasteiger partial charge in [-0.3, -0.25) is 4.90 Å². The highest BCUT2D eigenvalue weighted by molar-refractivity contribution is 7.80. The van der Waals surface area contributed by atoms with E-state index in [0.29, 0.717) is 11.0 Å². The minimum Gasteiger partial charge on any atom is -0.392 e. The molecule has 0 aromatic rings. The van der Waals surface area contributed by atoms with Crippen molar-refractivity contribution in [1.29, 1.82) is 0 Å². The molecule has 0 amide bonds. The maximum atomic E-state index is 5.75. The first-order chi connectivity index (χ1) is 6.61. The van der Waals surface area contributed by atoms with Crippen LogP contribution in [0.1, 0.15) is 39.5 Å². The summed E-state index contributed by atoms with van der Waals surface area (Å²) in [5.41, 5.74) is 5.75. The second-order valence-electron chi connectivity index (χ2n) is 4.63. The average Bonchev–Trinajstić information content (AvgIpc) is 2.15. The van der Waals surface area contributed by atoms with E-state index in [9.17, 15) is 0 Å². The number of hydrogen-bond acceptors (Lipinski definition) is 2. The van der Waals surface area contributed by atoms with Crippen LogP contribution in [0.25, 0.3) is 0 Å². The van der Waals surface area contributed by atoms with Gasteiger partial charge in [-0.2, -0.15) is 0 Å². The number of nitrogens with zero attached hydrogens (tertiary/aromatic N) is 1. The van der Waals surface area contributed by atoms with Crippen molar-refractivity contribution in [3.8, 4) is 0 Å². The van der Waals surface area contributed by atoms with Gasteiger partial charge in [0.25, 0.3) is 0 Å². The van der Waals surface area contributed by atoms with Crippen LogP contribution in [0, 0.1) is 5.92 Å². The quantitative estimate of drug-likeness (QED) is 0.727. The van der Waals surface area contributed by atoms with Gasteiger partial charge in [0.1, 0.15) is 0 Å². The van der Waals surface area contributed by atoms with E-state index in [1.54, 1.807) is 0 Å². The largest absolute Gasteiger partial charge is 0.392 e. The summed E-state index contributed by atoms with van der Waals surface area (Å²) in [6.07, 6.45) is 4.99. The molecule has 0 aromatic heterocycles. The van der Waals surface area contributed by atoms with Gasteiger partial charge in [-0.05, 0) is 38.3 Å². The first-order valence-electron chi connectivity index (χ1n) is 5.64. The zero-order chi connectivity index (χ0) is 10.6. The molecule has 0 aliphatic carbocycles. The molecular formula is C11H22N2S. The molecule has 3 heteroatoms. The lowest BCUT2D eigenvalue weighted by Gasteiger charge is -2.35. The normalized spacial score (nSPS) is 24.1. The molecule has 1 unspecified atom stereocenters. The fourth-order valence-corrected chi connectivity index (χ4v) is 2.27. The van der Waals surface area contributed by atoms with Crippen molar-refractivity contribution in [2.45, 2.75) is 45.6 Å². The van der Waals surface area contributed by atoms with Crippen molar-refractivity contribution in [3.05, 3.63) is 0 Å². The van der Waals surface area contributed by atoms with Crippen LogP contribution in [0.2, 0.25) is 0 Å². The van der Waals surface area contributed by atoms with Gasteiger partial charge in [-0.1, -0.05) is 32.5 Å². The smallest absolute Gasteiger partial charge is 0.0902 e. The monoisotopic (exact) mass is 214 g/mol. The number of rotatable bonds is 4. The zero-order valence-electron chi connectivity index (χ0n) is 9.33. The number of piperidine rings is 1. The van der Waals surface area contributed by atoms with Crippen LogP contribution in [0.4, 0.5) is 0 Å². The van der Waals surface area contributed by atoms with Crippen molar-refractivity contribution in [2.24, 2.45) is 11.7 Å². The summed E-state index contributed by atoms with van der Waals surface area (Å²) in [5, 5.41) is 0. The van der Waals surface area contributed by atoms with Crippen LogP contribution in [0.15, 0.2) is 0 Å². The molecule has 1 atom stereocenters. The van der Waals surface area contributed by atoms with Crippen LogP contribution < -0.4 is 5.73 Å². The Labute approximate surface area is 92.8 Å². The molecule has 1 heterocycles. The third-order valence-corrected chi connectivity index (χ3v) is 3.21. The van der Waals surface area contributed by atoms with Crippen LogP contribution in [0.5, 0.6) is 0 Å². The summed E-state index contributed by atoms with van der Waals surface area (Å²) in [6, 6.07) is 0.373. The molecule has 0 spiro atoms. The van der Waals surface area contributed by atoms with Gasteiger partial charge in [-0.15, -0.1) is 0 Å².